The third kappa shape index (κ3) is 25.0. The Bertz CT molecular complexity index is 1580. The average Bonchev–Trinajstić information content (AvgIpc) is 3.41. The zero-order valence-corrected chi connectivity index (χ0v) is 45.7. The predicted octanol–water partition coefficient (Wildman–Crippen LogP) is 4.31. The van der Waals surface area contributed by atoms with Crippen molar-refractivity contribution in [2.75, 3.05) is 26.4 Å². The van der Waals surface area contributed by atoms with Crippen molar-refractivity contribution in [3.8, 4) is 0 Å². The number of carbonyl (C=O) groups excluding carboxylic acids is 1. The molecule has 0 spiro atoms. The number of ether oxygens (including phenoxy) is 6. The van der Waals surface area contributed by atoms with E-state index in [1.165, 1.54) is 77.0 Å². The van der Waals surface area contributed by atoms with Crippen LogP contribution in [0.1, 0.15) is 174 Å². The number of nitrogens with one attached hydrogen (secondary N) is 1. The molecule has 3 rings (SSSR count). The van der Waals surface area contributed by atoms with Gasteiger partial charge in [-0.05, 0) is 70.6 Å². The lowest BCUT2D eigenvalue weighted by Gasteiger charge is -2.48. The molecule has 442 valence electrons. The van der Waals surface area contributed by atoms with Crippen LogP contribution in [0.3, 0.4) is 0 Å². The van der Waals surface area contributed by atoms with E-state index in [4.69, 9.17) is 28.4 Å². The quantitative estimate of drug-likeness (QED) is 0.0300. The second-order valence-corrected chi connectivity index (χ2v) is 20.7. The first-order valence-corrected chi connectivity index (χ1v) is 28.9. The van der Waals surface area contributed by atoms with Crippen molar-refractivity contribution < 1.29 is 89.4 Å². The standard InChI is InChI=1S/C57H101NO18/c1-3-5-7-9-11-13-15-17-18-19-20-21-23-24-26-28-30-32-34-41(62)40(58-45(63)35-33-31-29-27-25-22-16-14-12-10-8-6-4-2)39-71-55-51(69)48(66)53(43(37-60)73-55)76-57-52(70)49(67)54(44(38-61)74-57)75-56-50(68)47(65)46(64)42(36-59)72-56/h14,16,19-20,24,26,32,34,40-44,46-57,59-62,64-70H,3-13,15,17-18,21-23,25,27-31,33,35-39H2,1-2H3,(H,58,63)/b16-14-,20-19+,26-24+,34-32+. The van der Waals surface area contributed by atoms with E-state index in [0.717, 1.165) is 64.2 Å². The smallest absolute Gasteiger partial charge is 0.220 e. The van der Waals surface area contributed by atoms with Gasteiger partial charge < -0.3 is 89.9 Å². The molecule has 0 bridgehead atoms. The molecule has 0 saturated carbocycles. The van der Waals surface area contributed by atoms with Gasteiger partial charge in [0.15, 0.2) is 18.9 Å². The molecule has 19 nitrogen and oxygen atoms in total. The summed E-state index contributed by atoms with van der Waals surface area (Å²) in [5, 5.41) is 120. The number of hydrogen-bond donors (Lipinski definition) is 12. The number of hydrogen-bond acceptors (Lipinski definition) is 18. The second kappa shape index (κ2) is 40.9. The molecule has 3 saturated heterocycles. The Hall–Kier alpha value is -2.25. The average molecular weight is 1090 g/mol. The van der Waals surface area contributed by atoms with Crippen LogP contribution in [-0.4, -0.2) is 193 Å². The van der Waals surface area contributed by atoms with Crippen LogP contribution >= 0.6 is 0 Å². The number of allylic oxidation sites excluding steroid dienone is 7. The van der Waals surface area contributed by atoms with Crippen molar-refractivity contribution in [3.05, 3.63) is 48.6 Å². The Morgan fingerprint density at radius 3 is 1.33 bits per heavy atom. The Morgan fingerprint density at radius 1 is 0.461 bits per heavy atom. The number of carbonyl (C=O) groups is 1. The lowest BCUT2D eigenvalue weighted by atomic mass is 9.96. The fourth-order valence-corrected chi connectivity index (χ4v) is 9.51. The molecule has 1 amide bonds. The first-order valence-electron chi connectivity index (χ1n) is 28.9. The lowest BCUT2D eigenvalue weighted by Crippen LogP contribution is -2.66. The van der Waals surface area contributed by atoms with Crippen molar-refractivity contribution in [1.29, 1.82) is 0 Å². The molecule has 17 atom stereocenters. The summed E-state index contributed by atoms with van der Waals surface area (Å²) in [5.41, 5.74) is 0. The molecule has 0 aromatic carbocycles. The van der Waals surface area contributed by atoms with Crippen LogP contribution in [-0.2, 0) is 33.2 Å². The van der Waals surface area contributed by atoms with E-state index >= 15 is 0 Å². The number of aliphatic hydroxyl groups excluding tert-OH is 11. The molecule has 0 aromatic rings. The van der Waals surface area contributed by atoms with Gasteiger partial charge >= 0.3 is 0 Å². The van der Waals surface area contributed by atoms with Crippen LogP contribution in [0.15, 0.2) is 48.6 Å². The largest absolute Gasteiger partial charge is 0.394 e. The molecule has 3 aliphatic heterocycles. The van der Waals surface area contributed by atoms with Gasteiger partial charge in [0.05, 0.1) is 38.6 Å². The minimum atomic E-state index is -1.98. The summed E-state index contributed by atoms with van der Waals surface area (Å²) in [4.78, 5) is 13.3. The van der Waals surface area contributed by atoms with Gasteiger partial charge in [0.2, 0.25) is 5.91 Å². The Labute approximate surface area is 453 Å². The van der Waals surface area contributed by atoms with E-state index in [-0.39, 0.29) is 18.9 Å². The summed E-state index contributed by atoms with van der Waals surface area (Å²) in [7, 11) is 0. The summed E-state index contributed by atoms with van der Waals surface area (Å²) in [6.45, 7) is 1.64. The zero-order valence-electron chi connectivity index (χ0n) is 45.7. The van der Waals surface area contributed by atoms with Crippen molar-refractivity contribution >= 4 is 5.91 Å². The van der Waals surface area contributed by atoms with Crippen LogP contribution in [0, 0.1) is 0 Å². The van der Waals surface area contributed by atoms with Gasteiger partial charge in [-0.15, -0.1) is 0 Å². The monoisotopic (exact) mass is 1090 g/mol. The summed E-state index contributed by atoms with van der Waals surface area (Å²) in [6.07, 6.45) is 16.7. The summed E-state index contributed by atoms with van der Waals surface area (Å²) in [5.74, 6) is -0.302. The van der Waals surface area contributed by atoms with E-state index in [2.05, 4.69) is 55.6 Å². The van der Waals surface area contributed by atoms with E-state index in [1.807, 2.05) is 6.08 Å². The summed E-state index contributed by atoms with van der Waals surface area (Å²) >= 11 is 0. The van der Waals surface area contributed by atoms with Crippen molar-refractivity contribution in [2.45, 2.75) is 279 Å². The topological polar surface area (TPSA) is 307 Å². The highest BCUT2D eigenvalue weighted by molar-refractivity contribution is 5.76. The first-order chi connectivity index (χ1) is 36.8. The van der Waals surface area contributed by atoms with Gasteiger partial charge in [0.1, 0.15) is 73.2 Å². The van der Waals surface area contributed by atoms with Gasteiger partial charge in [-0.3, -0.25) is 4.79 Å². The molecule has 76 heavy (non-hydrogen) atoms. The third-order valence-electron chi connectivity index (χ3n) is 14.3. The van der Waals surface area contributed by atoms with Gasteiger partial charge in [-0.25, -0.2) is 0 Å². The fraction of sp³-hybridized carbons (Fsp3) is 0.842. The van der Waals surface area contributed by atoms with E-state index in [0.29, 0.717) is 12.8 Å². The van der Waals surface area contributed by atoms with Crippen molar-refractivity contribution in [2.24, 2.45) is 0 Å². The number of unbranched alkanes of at least 4 members (excludes halogenated alkanes) is 19. The third-order valence-corrected chi connectivity index (χ3v) is 14.3. The van der Waals surface area contributed by atoms with E-state index in [9.17, 15) is 61.0 Å². The molecule has 3 fully saturated rings. The maximum atomic E-state index is 13.3. The number of rotatable bonds is 41. The Balaban J connectivity index is 1.55. The predicted molar refractivity (Wildman–Crippen MR) is 286 cm³/mol. The molecule has 0 aliphatic carbocycles. The molecule has 0 radical (unpaired) electrons. The number of amides is 1. The number of aliphatic hydroxyl groups is 11. The lowest BCUT2D eigenvalue weighted by molar-refractivity contribution is -0.379. The van der Waals surface area contributed by atoms with E-state index in [1.54, 1.807) is 6.08 Å². The summed E-state index contributed by atoms with van der Waals surface area (Å²) < 4.78 is 34.2. The normalized spacial score (nSPS) is 31.3. The van der Waals surface area contributed by atoms with Crippen LogP contribution in [0.5, 0.6) is 0 Å². The minimum absolute atomic E-state index is 0.220. The van der Waals surface area contributed by atoms with Gasteiger partial charge in [-0.2, -0.15) is 0 Å². The minimum Gasteiger partial charge on any atom is -0.394 e. The molecule has 3 heterocycles. The van der Waals surface area contributed by atoms with E-state index < -0.39 is 124 Å². The molecular weight excluding hydrogens is 987 g/mol. The molecule has 0 aromatic heterocycles. The molecule has 19 heteroatoms. The van der Waals surface area contributed by atoms with Gasteiger partial charge in [0.25, 0.3) is 0 Å². The van der Waals surface area contributed by atoms with Gasteiger partial charge in [-0.1, -0.05) is 146 Å². The fourth-order valence-electron chi connectivity index (χ4n) is 9.51. The maximum absolute atomic E-state index is 13.3. The Kier molecular flexibility index (Phi) is 36.6. The van der Waals surface area contributed by atoms with Crippen LogP contribution in [0.4, 0.5) is 0 Å². The Morgan fingerprint density at radius 2 is 0.842 bits per heavy atom. The van der Waals surface area contributed by atoms with Gasteiger partial charge in [0, 0.05) is 6.42 Å². The second-order valence-electron chi connectivity index (χ2n) is 20.7. The van der Waals surface area contributed by atoms with Crippen LogP contribution in [0.2, 0.25) is 0 Å². The molecule has 17 unspecified atom stereocenters. The molecule has 12 N–H and O–H groups in total. The highest BCUT2D eigenvalue weighted by Crippen LogP contribution is 2.33. The molecular formula is C57H101NO18. The van der Waals surface area contributed by atoms with Crippen LogP contribution in [0.25, 0.3) is 0 Å². The molecule has 3 aliphatic rings. The first kappa shape index (κ1) is 68.0. The van der Waals surface area contributed by atoms with Crippen molar-refractivity contribution in [1.82, 2.24) is 5.32 Å². The highest BCUT2D eigenvalue weighted by Gasteiger charge is 2.53. The maximum Gasteiger partial charge on any atom is 0.220 e. The van der Waals surface area contributed by atoms with Crippen LogP contribution < -0.4 is 5.32 Å². The SMILES string of the molecule is CCCCCC/C=C\CCCCCCCC(=O)NC(COC1OC(CO)C(OC2OC(CO)C(OC3OC(CO)C(O)C(O)C3O)C(O)C2O)C(O)C1O)C(O)/C=C/CC/C=C/CC/C=C/CCCCCCCCCC. The summed E-state index contributed by atoms with van der Waals surface area (Å²) in [6, 6.07) is -0.999. The highest BCUT2D eigenvalue weighted by atomic mass is 16.8. The zero-order chi connectivity index (χ0) is 55.5. The van der Waals surface area contributed by atoms with Crippen molar-refractivity contribution in [3.63, 3.8) is 0 Å².